The molecule has 1 amide bonds. The van der Waals surface area contributed by atoms with E-state index in [2.05, 4.69) is 15.4 Å². The van der Waals surface area contributed by atoms with Gasteiger partial charge in [0, 0.05) is 24.3 Å². The van der Waals surface area contributed by atoms with Crippen LogP contribution in [0.5, 0.6) is 0 Å². The number of amides is 1. The van der Waals surface area contributed by atoms with Crippen molar-refractivity contribution < 1.29 is 4.79 Å². The number of carbonyl (C=O) groups is 1. The lowest BCUT2D eigenvalue weighted by atomic mass is 10.1. The van der Waals surface area contributed by atoms with Gasteiger partial charge in [0.2, 0.25) is 0 Å². The maximum Gasteiger partial charge on any atom is 0.271 e. The highest BCUT2D eigenvalue weighted by molar-refractivity contribution is 7.07. The first-order chi connectivity index (χ1) is 9.84. The summed E-state index contributed by atoms with van der Waals surface area (Å²) in [5.74, 6) is -0.165. The number of benzene rings is 1. The summed E-state index contributed by atoms with van der Waals surface area (Å²) in [5.41, 5.74) is 4.05. The molecule has 0 aliphatic rings. The van der Waals surface area contributed by atoms with E-state index in [9.17, 15) is 4.79 Å². The predicted octanol–water partition coefficient (Wildman–Crippen LogP) is 2.26. The molecular formula is C14H12N4OS. The Labute approximate surface area is 119 Å². The van der Waals surface area contributed by atoms with E-state index in [4.69, 9.17) is 0 Å². The Morgan fingerprint density at radius 1 is 1.30 bits per heavy atom. The zero-order chi connectivity index (χ0) is 13.8. The van der Waals surface area contributed by atoms with Crippen molar-refractivity contribution in [2.24, 2.45) is 0 Å². The second kappa shape index (κ2) is 5.66. The number of nitrogens with zero attached hydrogens (tertiary/aromatic N) is 3. The van der Waals surface area contributed by atoms with Crippen LogP contribution in [0.2, 0.25) is 0 Å². The summed E-state index contributed by atoms with van der Waals surface area (Å²) in [4.78, 5) is 15.9. The van der Waals surface area contributed by atoms with Gasteiger partial charge in [0.25, 0.3) is 5.91 Å². The van der Waals surface area contributed by atoms with Crippen molar-refractivity contribution in [2.45, 2.75) is 6.54 Å². The van der Waals surface area contributed by atoms with E-state index >= 15 is 0 Å². The van der Waals surface area contributed by atoms with Gasteiger partial charge in [-0.15, -0.1) is 11.3 Å². The first-order valence-corrected chi connectivity index (χ1v) is 7.03. The topological polar surface area (TPSA) is 59.8 Å². The Bertz CT molecular complexity index is 692. The van der Waals surface area contributed by atoms with Crippen LogP contribution < -0.4 is 5.32 Å². The van der Waals surface area contributed by atoms with Crippen LogP contribution in [0.15, 0.2) is 53.6 Å². The second-order valence-corrected chi connectivity index (χ2v) is 4.85. The first kappa shape index (κ1) is 12.6. The van der Waals surface area contributed by atoms with Gasteiger partial charge in [0.15, 0.2) is 0 Å². The molecule has 3 rings (SSSR count). The van der Waals surface area contributed by atoms with Crippen molar-refractivity contribution in [2.75, 3.05) is 0 Å². The third-order valence-corrected chi connectivity index (χ3v) is 3.43. The summed E-state index contributed by atoms with van der Waals surface area (Å²) in [6.45, 7) is 0.437. The number of aromatic nitrogens is 3. The SMILES string of the molecule is O=C(NCc1ccccc1-n1cccn1)c1cscn1. The van der Waals surface area contributed by atoms with Crippen LogP contribution in [0.25, 0.3) is 5.69 Å². The van der Waals surface area contributed by atoms with Gasteiger partial charge in [0.1, 0.15) is 5.69 Å². The zero-order valence-corrected chi connectivity index (χ0v) is 11.4. The molecule has 0 unspecified atom stereocenters. The summed E-state index contributed by atoms with van der Waals surface area (Å²) >= 11 is 1.40. The largest absolute Gasteiger partial charge is 0.347 e. The minimum absolute atomic E-state index is 0.165. The van der Waals surface area contributed by atoms with Crippen LogP contribution in [0, 0.1) is 0 Å². The smallest absolute Gasteiger partial charge is 0.271 e. The zero-order valence-electron chi connectivity index (χ0n) is 10.6. The van der Waals surface area contributed by atoms with Gasteiger partial charge in [-0.05, 0) is 17.7 Å². The van der Waals surface area contributed by atoms with Crippen LogP contribution in [-0.4, -0.2) is 20.7 Å². The van der Waals surface area contributed by atoms with Gasteiger partial charge in [0.05, 0.1) is 11.2 Å². The number of nitrogens with one attached hydrogen (secondary N) is 1. The maximum absolute atomic E-state index is 11.9. The molecule has 2 aromatic heterocycles. The Hall–Kier alpha value is -2.47. The molecule has 20 heavy (non-hydrogen) atoms. The van der Waals surface area contributed by atoms with Crippen LogP contribution in [0.4, 0.5) is 0 Å². The Kier molecular flexibility index (Phi) is 3.56. The number of hydrogen-bond acceptors (Lipinski definition) is 4. The second-order valence-electron chi connectivity index (χ2n) is 4.14. The lowest BCUT2D eigenvalue weighted by Gasteiger charge is -2.10. The normalized spacial score (nSPS) is 10.4. The van der Waals surface area contributed by atoms with Crippen LogP contribution in [0.1, 0.15) is 16.1 Å². The fourth-order valence-electron chi connectivity index (χ4n) is 1.89. The van der Waals surface area contributed by atoms with E-state index in [1.165, 1.54) is 11.3 Å². The average Bonchev–Trinajstić information content (AvgIpc) is 3.17. The Morgan fingerprint density at radius 3 is 2.95 bits per heavy atom. The number of thiazole rings is 1. The van der Waals surface area contributed by atoms with E-state index in [1.54, 1.807) is 21.8 Å². The Balaban J connectivity index is 1.77. The first-order valence-electron chi connectivity index (χ1n) is 6.09. The van der Waals surface area contributed by atoms with E-state index in [1.807, 2.05) is 36.5 Å². The fourth-order valence-corrected chi connectivity index (χ4v) is 2.42. The molecule has 0 bridgehead atoms. The highest BCUT2D eigenvalue weighted by atomic mass is 32.1. The van der Waals surface area contributed by atoms with Crippen molar-refractivity contribution in [1.82, 2.24) is 20.1 Å². The number of carbonyl (C=O) groups excluding carboxylic acids is 1. The number of rotatable bonds is 4. The molecule has 0 aliphatic heterocycles. The lowest BCUT2D eigenvalue weighted by Crippen LogP contribution is -2.23. The van der Waals surface area contributed by atoms with Crippen molar-refractivity contribution in [3.05, 3.63) is 64.9 Å². The molecule has 1 aromatic carbocycles. The average molecular weight is 284 g/mol. The molecule has 6 heteroatoms. The van der Waals surface area contributed by atoms with Crippen molar-refractivity contribution in [3.63, 3.8) is 0 Å². The minimum Gasteiger partial charge on any atom is -0.347 e. The highest BCUT2D eigenvalue weighted by Gasteiger charge is 2.09. The lowest BCUT2D eigenvalue weighted by molar-refractivity contribution is 0.0946. The monoisotopic (exact) mass is 284 g/mol. The van der Waals surface area contributed by atoms with E-state index in [-0.39, 0.29) is 5.91 Å². The minimum atomic E-state index is -0.165. The predicted molar refractivity (Wildman–Crippen MR) is 76.8 cm³/mol. The van der Waals surface area contributed by atoms with Gasteiger partial charge in [-0.1, -0.05) is 18.2 Å². The van der Waals surface area contributed by atoms with Crippen molar-refractivity contribution >= 4 is 17.2 Å². The number of para-hydroxylation sites is 1. The highest BCUT2D eigenvalue weighted by Crippen LogP contribution is 2.13. The van der Waals surface area contributed by atoms with Gasteiger partial charge in [-0.2, -0.15) is 5.10 Å². The van der Waals surface area contributed by atoms with Crippen LogP contribution in [-0.2, 0) is 6.54 Å². The summed E-state index contributed by atoms with van der Waals surface area (Å²) in [6.07, 6.45) is 3.60. The van der Waals surface area contributed by atoms with Crippen LogP contribution in [0.3, 0.4) is 0 Å². The molecule has 1 N–H and O–H groups in total. The fraction of sp³-hybridized carbons (Fsp3) is 0.0714. The summed E-state index contributed by atoms with van der Waals surface area (Å²) in [6, 6.07) is 9.69. The standard InChI is InChI=1S/C14H12N4OS/c19-14(12-9-20-10-16-12)15-8-11-4-1-2-5-13(11)18-7-3-6-17-18/h1-7,9-10H,8H2,(H,15,19). The molecular weight excluding hydrogens is 272 g/mol. The molecule has 0 spiro atoms. The van der Waals surface area contributed by atoms with Crippen molar-refractivity contribution in [3.8, 4) is 5.69 Å². The van der Waals surface area contributed by atoms with Crippen LogP contribution >= 0.6 is 11.3 Å². The number of hydrogen-bond donors (Lipinski definition) is 1. The molecule has 0 saturated carbocycles. The molecule has 3 aromatic rings. The third-order valence-electron chi connectivity index (χ3n) is 2.85. The summed E-state index contributed by atoms with van der Waals surface area (Å²) < 4.78 is 1.78. The van der Waals surface area contributed by atoms with E-state index < -0.39 is 0 Å². The van der Waals surface area contributed by atoms with Gasteiger partial charge < -0.3 is 5.32 Å². The molecule has 5 nitrogen and oxygen atoms in total. The van der Waals surface area contributed by atoms with E-state index in [0.717, 1.165) is 11.3 Å². The molecule has 0 fully saturated rings. The Morgan fingerprint density at radius 2 is 2.20 bits per heavy atom. The molecule has 100 valence electrons. The molecule has 0 atom stereocenters. The van der Waals surface area contributed by atoms with Crippen molar-refractivity contribution in [1.29, 1.82) is 0 Å². The van der Waals surface area contributed by atoms with E-state index in [0.29, 0.717) is 12.2 Å². The molecule has 2 heterocycles. The van der Waals surface area contributed by atoms with Gasteiger partial charge in [-0.25, -0.2) is 9.67 Å². The maximum atomic E-state index is 11.9. The third kappa shape index (κ3) is 2.60. The van der Waals surface area contributed by atoms with Gasteiger partial charge >= 0.3 is 0 Å². The summed E-state index contributed by atoms with van der Waals surface area (Å²) in [7, 11) is 0. The van der Waals surface area contributed by atoms with Gasteiger partial charge in [-0.3, -0.25) is 4.79 Å². The quantitative estimate of drug-likeness (QED) is 0.799. The summed E-state index contributed by atoms with van der Waals surface area (Å²) in [5, 5.41) is 8.82. The molecule has 0 aliphatic carbocycles. The molecule has 0 saturated heterocycles. The molecule has 0 radical (unpaired) electrons.